The summed E-state index contributed by atoms with van der Waals surface area (Å²) in [4.78, 5) is 3.79. The minimum Gasteiger partial charge on any atom is -0.380 e. The summed E-state index contributed by atoms with van der Waals surface area (Å²) in [5.41, 5.74) is 1.82. The maximum Gasteiger partial charge on any atom is 0.0724 e. The van der Waals surface area contributed by atoms with Crippen molar-refractivity contribution >= 4 is 23.5 Å². The van der Waals surface area contributed by atoms with Gasteiger partial charge in [-0.25, -0.2) is 4.31 Å². The van der Waals surface area contributed by atoms with Gasteiger partial charge in [-0.1, -0.05) is 17.7 Å². The highest BCUT2D eigenvalue weighted by Gasteiger charge is 2.54. The molecule has 26 heavy (non-hydrogen) atoms. The van der Waals surface area contributed by atoms with Crippen LogP contribution in [-0.2, 0) is 9.47 Å². The van der Waals surface area contributed by atoms with E-state index in [2.05, 4.69) is 28.3 Å². The molecule has 4 fully saturated rings. The zero-order valence-corrected chi connectivity index (χ0v) is 17.0. The predicted octanol–water partition coefficient (Wildman–Crippen LogP) is 3.61. The van der Waals surface area contributed by atoms with Crippen molar-refractivity contribution in [3.63, 3.8) is 0 Å². The number of hydrogen-bond donors (Lipinski definition) is 0. The normalized spacial score (nSPS) is 30.5. The second kappa shape index (κ2) is 6.64. The summed E-state index contributed by atoms with van der Waals surface area (Å²) >= 11 is 8.20. The molecule has 5 rings (SSSR count). The van der Waals surface area contributed by atoms with Crippen molar-refractivity contribution in [2.75, 3.05) is 46.0 Å². The standard InChI is InChI=1S/C20H27ClN2O2S/c1-15-2-3-18(17(21)8-15)26-23-6-4-20(5-7-23)9-16(10-25-20)22-11-19(12-22)13-24-14-19/h2-3,8,16H,4-7,9-14H2,1H3. The number of benzene rings is 1. The van der Waals surface area contributed by atoms with Gasteiger partial charge in [-0.05, 0) is 55.8 Å². The van der Waals surface area contributed by atoms with Crippen LogP contribution in [0, 0.1) is 12.3 Å². The van der Waals surface area contributed by atoms with E-state index in [0.29, 0.717) is 11.5 Å². The molecule has 142 valence electrons. The third-order valence-corrected chi connectivity index (χ3v) is 8.15. The first kappa shape index (κ1) is 17.8. The van der Waals surface area contributed by atoms with Gasteiger partial charge in [-0.2, -0.15) is 0 Å². The molecule has 2 spiro atoms. The Morgan fingerprint density at radius 3 is 2.62 bits per heavy atom. The lowest BCUT2D eigenvalue weighted by Crippen LogP contribution is -2.68. The Labute approximate surface area is 165 Å². The number of nitrogens with zero attached hydrogens (tertiary/aromatic N) is 2. The van der Waals surface area contributed by atoms with E-state index in [1.165, 1.54) is 25.1 Å². The SMILES string of the molecule is Cc1ccc(SN2CCC3(CC2)CC(N2CC4(COC4)C2)CO3)c(Cl)c1. The van der Waals surface area contributed by atoms with E-state index in [1.54, 1.807) is 11.9 Å². The average molecular weight is 395 g/mol. The van der Waals surface area contributed by atoms with Crippen LogP contribution in [0.3, 0.4) is 0 Å². The Balaban J connectivity index is 1.13. The largest absolute Gasteiger partial charge is 0.380 e. The number of aryl methyl sites for hydroxylation is 1. The molecule has 1 aromatic carbocycles. The number of piperidine rings is 1. The molecule has 4 aliphatic heterocycles. The van der Waals surface area contributed by atoms with E-state index in [-0.39, 0.29) is 5.60 Å². The molecule has 1 unspecified atom stereocenters. The van der Waals surface area contributed by atoms with Gasteiger partial charge in [0, 0.05) is 42.5 Å². The lowest BCUT2D eigenvalue weighted by Gasteiger charge is -2.57. The van der Waals surface area contributed by atoms with Gasteiger partial charge in [0.1, 0.15) is 0 Å². The molecule has 1 atom stereocenters. The van der Waals surface area contributed by atoms with Crippen LogP contribution in [0.1, 0.15) is 24.8 Å². The summed E-state index contributed by atoms with van der Waals surface area (Å²) in [6, 6.07) is 6.94. The zero-order valence-electron chi connectivity index (χ0n) is 15.4. The van der Waals surface area contributed by atoms with Gasteiger partial charge in [0.05, 0.1) is 30.4 Å². The maximum atomic E-state index is 6.40. The summed E-state index contributed by atoms with van der Waals surface area (Å²) in [5.74, 6) is 0. The summed E-state index contributed by atoms with van der Waals surface area (Å²) < 4.78 is 14.2. The molecule has 4 nitrogen and oxygen atoms in total. The summed E-state index contributed by atoms with van der Waals surface area (Å²) in [5, 5.41) is 0.860. The highest BCUT2D eigenvalue weighted by atomic mass is 35.5. The number of likely N-dealkylation sites (tertiary alicyclic amines) is 1. The lowest BCUT2D eigenvalue weighted by molar-refractivity contribution is -0.197. The van der Waals surface area contributed by atoms with Crippen LogP contribution in [0.2, 0.25) is 5.02 Å². The second-order valence-corrected chi connectivity index (χ2v) is 10.2. The first-order valence-electron chi connectivity index (χ1n) is 9.70. The number of ether oxygens (including phenoxy) is 2. The fourth-order valence-electron chi connectivity index (χ4n) is 4.85. The van der Waals surface area contributed by atoms with E-state index in [4.69, 9.17) is 21.1 Å². The molecule has 0 N–H and O–H groups in total. The molecule has 0 amide bonds. The van der Waals surface area contributed by atoms with E-state index < -0.39 is 0 Å². The molecule has 1 aromatic rings. The minimum absolute atomic E-state index is 0.109. The van der Waals surface area contributed by atoms with Crippen molar-refractivity contribution in [1.82, 2.24) is 9.21 Å². The fraction of sp³-hybridized carbons (Fsp3) is 0.700. The molecule has 4 aliphatic rings. The van der Waals surface area contributed by atoms with Crippen LogP contribution in [0.15, 0.2) is 23.1 Å². The molecule has 0 bridgehead atoms. The first-order chi connectivity index (χ1) is 12.5. The van der Waals surface area contributed by atoms with Crippen molar-refractivity contribution in [3.05, 3.63) is 28.8 Å². The number of halogens is 1. The Kier molecular flexibility index (Phi) is 4.54. The number of rotatable bonds is 3. The van der Waals surface area contributed by atoms with E-state index in [1.807, 2.05) is 6.07 Å². The van der Waals surface area contributed by atoms with Crippen LogP contribution >= 0.6 is 23.5 Å². The quantitative estimate of drug-likeness (QED) is 0.729. The Morgan fingerprint density at radius 1 is 1.19 bits per heavy atom. The lowest BCUT2D eigenvalue weighted by atomic mass is 9.76. The summed E-state index contributed by atoms with van der Waals surface area (Å²) in [6.45, 7) is 9.49. The predicted molar refractivity (Wildman–Crippen MR) is 105 cm³/mol. The van der Waals surface area contributed by atoms with Crippen LogP contribution < -0.4 is 0 Å². The van der Waals surface area contributed by atoms with Gasteiger partial charge in [0.15, 0.2) is 0 Å². The van der Waals surface area contributed by atoms with Gasteiger partial charge < -0.3 is 9.47 Å². The third kappa shape index (κ3) is 3.21. The van der Waals surface area contributed by atoms with Crippen LogP contribution in [-0.4, -0.2) is 66.8 Å². The molecular weight excluding hydrogens is 368 g/mol. The van der Waals surface area contributed by atoms with Crippen molar-refractivity contribution in [2.24, 2.45) is 5.41 Å². The molecule has 0 aromatic heterocycles. The van der Waals surface area contributed by atoms with E-state index in [0.717, 1.165) is 55.7 Å². The monoisotopic (exact) mass is 394 g/mol. The van der Waals surface area contributed by atoms with Gasteiger partial charge in [-0.3, -0.25) is 4.90 Å². The Hall–Kier alpha value is -0.300. The smallest absolute Gasteiger partial charge is 0.0724 e. The van der Waals surface area contributed by atoms with Gasteiger partial charge >= 0.3 is 0 Å². The molecule has 0 saturated carbocycles. The molecule has 6 heteroatoms. The summed E-state index contributed by atoms with van der Waals surface area (Å²) in [7, 11) is 0. The summed E-state index contributed by atoms with van der Waals surface area (Å²) in [6.07, 6.45) is 3.46. The molecule has 4 saturated heterocycles. The van der Waals surface area contributed by atoms with E-state index in [9.17, 15) is 0 Å². The third-order valence-electron chi connectivity index (χ3n) is 6.55. The van der Waals surface area contributed by atoms with Crippen molar-refractivity contribution in [2.45, 2.75) is 42.7 Å². The topological polar surface area (TPSA) is 24.9 Å². The first-order valence-corrected chi connectivity index (χ1v) is 10.8. The van der Waals surface area contributed by atoms with Crippen molar-refractivity contribution < 1.29 is 9.47 Å². The zero-order chi connectivity index (χ0) is 17.8. The highest BCUT2D eigenvalue weighted by Crippen LogP contribution is 2.45. The van der Waals surface area contributed by atoms with Crippen LogP contribution in [0.5, 0.6) is 0 Å². The maximum absolute atomic E-state index is 6.40. The molecule has 0 radical (unpaired) electrons. The fourth-order valence-corrected chi connectivity index (χ4v) is 6.11. The van der Waals surface area contributed by atoms with E-state index >= 15 is 0 Å². The van der Waals surface area contributed by atoms with Crippen molar-refractivity contribution in [1.29, 1.82) is 0 Å². The van der Waals surface area contributed by atoms with Gasteiger partial charge in [-0.15, -0.1) is 0 Å². The second-order valence-electron chi connectivity index (χ2n) is 8.70. The van der Waals surface area contributed by atoms with Gasteiger partial charge in [0.2, 0.25) is 0 Å². The highest BCUT2D eigenvalue weighted by molar-refractivity contribution is 7.97. The molecular formula is C20H27ClN2O2S. The van der Waals surface area contributed by atoms with Gasteiger partial charge in [0.25, 0.3) is 0 Å². The Bertz CT molecular complexity index is 680. The minimum atomic E-state index is 0.109. The molecule has 4 heterocycles. The average Bonchev–Trinajstić information content (AvgIpc) is 2.93. The molecule has 0 aliphatic carbocycles. The number of hydrogen-bond acceptors (Lipinski definition) is 5. The van der Waals surface area contributed by atoms with Crippen LogP contribution in [0.25, 0.3) is 0 Å². The van der Waals surface area contributed by atoms with Crippen molar-refractivity contribution in [3.8, 4) is 0 Å². The van der Waals surface area contributed by atoms with Crippen LogP contribution in [0.4, 0.5) is 0 Å². The Morgan fingerprint density at radius 2 is 1.96 bits per heavy atom.